The summed E-state index contributed by atoms with van der Waals surface area (Å²) in [6.45, 7) is 4.23. The molecule has 2 aromatic heterocycles. The van der Waals surface area contributed by atoms with Crippen molar-refractivity contribution in [3.8, 4) is 11.3 Å². The lowest BCUT2D eigenvalue weighted by atomic mass is 9.99. The van der Waals surface area contributed by atoms with Gasteiger partial charge in [-0.15, -0.1) is 10.2 Å². The van der Waals surface area contributed by atoms with E-state index in [0.29, 0.717) is 11.6 Å². The molecule has 8 heteroatoms. The molecule has 8 nitrogen and oxygen atoms in total. The Morgan fingerprint density at radius 3 is 2.39 bits per heavy atom. The third kappa shape index (κ3) is 5.10. The number of nitrogens with one attached hydrogen (secondary N) is 1. The fraction of sp³-hybridized carbons (Fsp3) is 0.400. The number of carbonyl (C=O) groups is 1. The lowest BCUT2D eigenvalue weighted by molar-refractivity contribution is -0.117. The zero-order valence-corrected chi connectivity index (χ0v) is 18.8. The van der Waals surface area contributed by atoms with Crippen LogP contribution >= 0.6 is 0 Å². The van der Waals surface area contributed by atoms with Crippen molar-refractivity contribution in [1.29, 1.82) is 0 Å². The zero-order chi connectivity index (χ0) is 22.8. The summed E-state index contributed by atoms with van der Waals surface area (Å²) in [6, 6.07) is 14.7. The molecule has 170 valence electrons. The van der Waals surface area contributed by atoms with Gasteiger partial charge in [-0.05, 0) is 61.9 Å². The van der Waals surface area contributed by atoms with Crippen molar-refractivity contribution in [2.45, 2.75) is 45.1 Å². The lowest BCUT2D eigenvalue weighted by Crippen LogP contribution is -2.33. The van der Waals surface area contributed by atoms with E-state index in [0.717, 1.165) is 54.6 Å². The maximum atomic E-state index is 12.5. The normalized spacial score (nSPS) is 16.6. The second-order valence-electron chi connectivity index (χ2n) is 9.10. The highest BCUT2D eigenvalue weighted by atomic mass is 16.2. The first-order valence-corrected chi connectivity index (χ1v) is 11.6. The largest absolute Gasteiger partial charge is 0.355 e. The molecule has 0 bridgehead atoms. The number of piperidine rings is 1. The van der Waals surface area contributed by atoms with Gasteiger partial charge in [0, 0.05) is 36.3 Å². The van der Waals surface area contributed by atoms with Crippen LogP contribution in [0.25, 0.3) is 11.3 Å². The number of benzene rings is 1. The van der Waals surface area contributed by atoms with Gasteiger partial charge in [-0.3, -0.25) is 9.59 Å². The molecule has 0 unspecified atom stereocenters. The fourth-order valence-corrected chi connectivity index (χ4v) is 4.12. The topological polar surface area (TPSA) is 93.0 Å². The zero-order valence-electron chi connectivity index (χ0n) is 18.8. The van der Waals surface area contributed by atoms with Crippen molar-refractivity contribution in [2.24, 2.45) is 5.92 Å². The van der Waals surface area contributed by atoms with Crippen LogP contribution in [-0.4, -0.2) is 39.0 Å². The molecular formula is C25H28N6O2. The molecule has 2 fully saturated rings. The summed E-state index contributed by atoms with van der Waals surface area (Å²) in [6.07, 6.45) is 4.56. The van der Waals surface area contributed by atoms with Crippen LogP contribution in [0.2, 0.25) is 0 Å². The summed E-state index contributed by atoms with van der Waals surface area (Å²) in [7, 11) is 0. The second-order valence-corrected chi connectivity index (χ2v) is 9.10. The predicted molar refractivity (Wildman–Crippen MR) is 127 cm³/mol. The summed E-state index contributed by atoms with van der Waals surface area (Å²) >= 11 is 0. The molecule has 3 heterocycles. The molecule has 2 aliphatic rings. The van der Waals surface area contributed by atoms with E-state index in [1.165, 1.54) is 23.6 Å². The molecule has 1 aliphatic carbocycles. The summed E-state index contributed by atoms with van der Waals surface area (Å²) < 4.78 is 1.23. The maximum Gasteiger partial charge on any atom is 0.267 e. The highest BCUT2D eigenvalue weighted by molar-refractivity contribution is 5.90. The Morgan fingerprint density at radius 2 is 1.73 bits per heavy atom. The van der Waals surface area contributed by atoms with Crippen molar-refractivity contribution in [3.63, 3.8) is 0 Å². The van der Waals surface area contributed by atoms with E-state index in [4.69, 9.17) is 0 Å². The minimum absolute atomic E-state index is 0.108. The molecule has 0 atom stereocenters. The average Bonchev–Trinajstić information content (AvgIpc) is 3.67. The fourth-order valence-electron chi connectivity index (χ4n) is 4.12. The molecule has 1 saturated carbocycles. The van der Waals surface area contributed by atoms with Gasteiger partial charge in [0.25, 0.3) is 5.56 Å². The van der Waals surface area contributed by atoms with Crippen molar-refractivity contribution in [1.82, 2.24) is 20.0 Å². The van der Waals surface area contributed by atoms with Gasteiger partial charge >= 0.3 is 0 Å². The Balaban J connectivity index is 1.20. The van der Waals surface area contributed by atoms with Crippen LogP contribution in [0.4, 0.5) is 11.5 Å². The van der Waals surface area contributed by atoms with Crippen LogP contribution in [0.1, 0.15) is 44.2 Å². The second kappa shape index (κ2) is 9.13. The molecular weight excluding hydrogens is 416 g/mol. The van der Waals surface area contributed by atoms with Crippen LogP contribution in [0.3, 0.4) is 0 Å². The first kappa shape index (κ1) is 21.3. The standard InChI is InChI=1S/C25H28N6O2/c1-17-12-14-30(15-13-17)23-10-8-21(27-28-23)18-4-6-20(7-5-18)26-24(32)16-31-25(33)11-9-22(29-31)19-2-3-19/h4-11,17,19H,2-3,12-16H2,1H3,(H,26,32). The van der Waals surface area contributed by atoms with Crippen molar-refractivity contribution < 1.29 is 4.79 Å². The molecule has 1 aromatic carbocycles. The number of anilines is 2. The first-order valence-electron chi connectivity index (χ1n) is 11.6. The van der Waals surface area contributed by atoms with Gasteiger partial charge in [0.2, 0.25) is 5.91 Å². The van der Waals surface area contributed by atoms with Crippen LogP contribution in [-0.2, 0) is 11.3 Å². The summed E-state index contributed by atoms with van der Waals surface area (Å²) in [5.74, 6) is 1.83. The van der Waals surface area contributed by atoms with Crippen LogP contribution in [0.5, 0.6) is 0 Å². The third-order valence-corrected chi connectivity index (χ3v) is 6.40. The SMILES string of the molecule is CC1CCN(c2ccc(-c3ccc(NC(=O)Cn4nc(C5CC5)ccc4=O)cc3)nn2)CC1. The molecule has 0 radical (unpaired) electrons. The molecule has 5 rings (SSSR count). The van der Waals surface area contributed by atoms with E-state index >= 15 is 0 Å². The van der Waals surface area contributed by atoms with Gasteiger partial charge in [0.1, 0.15) is 6.54 Å². The van der Waals surface area contributed by atoms with Gasteiger partial charge < -0.3 is 10.2 Å². The number of aromatic nitrogens is 4. The van der Waals surface area contributed by atoms with E-state index in [1.54, 1.807) is 6.07 Å². The van der Waals surface area contributed by atoms with Gasteiger partial charge in [-0.25, -0.2) is 4.68 Å². The third-order valence-electron chi connectivity index (χ3n) is 6.40. The highest BCUT2D eigenvalue weighted by Gasteiger charge is 2.25. The molecule has 1 N–H and O–H groups in total. The number of rotatable bonds is 6. The Morgan fingerprint density at radius 1 is 0.970 bits per heavy atom. The van der Waals surface area contributed by atoms with Gasteiger partial charge in [-0.1, -0.05) is 19.1 Å². The number of nitrogens with zero attached hydrogens (tertiary/aromatic N) is 5. The quantitative estimate of drug-likeness (QED) is 0.626. The van der Waals surface area contributed by atoms with Crippen LogP contribution in [0.15, 0.2) is 53.3 Å². The van der Waals surface area contributed by atoms with Crippen molar-refractivity contribution in [2.75, 3.05) is 23.3 Å². The minimum atomic E-state index is -0.287. The number of hydrogen-bond acceptors (Lipinski definition) is 6. The van der Waals surface area contributed by atoms with Crippen molar-refractivity contribution in [3.05, 3.63) is 64.6 Å². The van der Waals surface area contributed by atoms with Gasteiger partial charge in [0.05, 0.1) is 11.4 Å². The average molecular weight is 445 g/mol. The Kier molecular flexibility index (Phi) is 5.90. The summed E-state index contributed by atoms with van der Waals surface area (Å²) in [5.41, 5.74) is 2.98. The van der Waals surface area contributed by atoms with E-state index in [2.05, 4.69) is 32.4 Å². The first-order chi connectivity index (χ1) is 16.0. The molecule has 3 aromatic rings. The predicted octanol–water partition coefficient (Wildman–Crippen LogP) is 3.45. The maximum absolute atomic E-state index is 12.5. The van der Waals surface area contributed by atoms with Gasteiger partial charge in [0.15, 0.2) is 5.82 Å². The number of hydrogen-bond donors (Lipinski definition) is 1. The van der Waals surface area contributed by atoms with Crippen LogP contribution in [0, 0.1) is 5.92 Å². The van der Waals surface area contributed by atoms with Gasteiger partial charge in [-0.2, -0.15) is 5.10 Å². The Hall–Kier alpha value is -3.55. The number of amides is 1. The summed E-state index contributed by atoms with van der Waals surface area (Å²) in [4.78, 5) is 26.8. The molecule has 33 heavy (non-hydrogen) atoms. The van der Waals surface area contributed by atoms with Crippen LogP contribution < -0.4 is 15.8 Å². The molecule has 1 amide bonds. The Bertz CT molecular complexity index is 1180. The lowest BCUT2D eigenvalue weighted by Gasteiger charge is -2.30. The monoisotopic (exact) mass is 444 g/mol. The van der Waals surface area contributed by atoms with Crippen molar-refractivity contribution >= 4 is 17.4 Å². The van der Waals surface area contributed by atoms with E-state index in [1.807, 2.05) is 36.4 Å². The van der Waals surface area contributed by atoms with E-state index in [9.17, 15) is 9.59 Å². The highest BCUT2D eigenvalue weighted by Crippen LogP contribution is 2.38. The van der Waals surface area contributed by atoms with E-state index < -0.39 is 0 Å². The van der Waals surface area contributed by atoms with E-state index in [-0.39, 0.29) is 18.0 Å². The Labute approximate surface area is 192 Å². The number of carbonyl (C=O) groups excluding carboxylic acids is 1. The molecule has 1 saturated heterocycles. The molecule has 0 spiro atoms. The minimum Gasteiger partial charge on any atom is -0.355 e. The summed E-state index contributed by atoms with van der Waals surface area (Å²) in [5, 5.41) is 16.0. The molecule has 1 aliphatic heterocycles. The smallest absolute Gasteiger partial charge is 0.267 e.